The van der Waals surface area contributed by atoms with Crippen molar-refractivity contribution in [3.63, 3.8) is 0 Å². The lowest BCUT2D eigenvalue weighted by Gasteiger charge is -2.09. The average Bonchev–Trinajstić information content (AvgIpc) is 2.89. The lowest BCUT2D eigenvalue weighted by Crippen LogP contribution is -1.99. The van der Waals surface area contributed by atoms with Gasteiger partial charge in [0.15, 0.2) is 0 Å². The second-order valence-electron chi connectivity index (χ2n) is 8.23. The second-order valence-corrected chi connectivity index (χ2v) is 8.23. The predicted octanol–water partition coefficient (Wildman–Crippen LogP) is 7.27. The van der Waals surface area contributed by atoms with Crippen LogP contribution in [0.3, 0.4) is 0 Å². The molecule has 3 aromatic rings. The first-order valence-electron chi connectivity index (χ1n) is 11.4. The Morgan fingerprint density at radius 3 is 1.54 bits per heavy atom. The molecule has 0 aromatic heterocycles. The molecule has 0 spiro atoms. The quantitative estimate of drug-likeness (QED) is 0.167. The van der Waals surface area contributed by atoms with E-state index in [1.807, 2.05) is 49.4 Å². The molecule has 0 unspecified atom stereocenters. The standard InChI is InChI=1S/C31H28O6/c1-21(2)30(32)36-18-16-34-28-13-10-25(11-14-28)24-6-8-26(9-7-24)27-12-15-29(23(5)20-27)35-17-19-37-31(33)22(3)4/h6-20H,1,3H2,2,4-5H3. The van der Waals surface area contributed by atoms with E-state index < -0.39 is 11.9 Å². The van der Waals surface area contributed by atoms with Crippen LogP contribution in [0.5, 0.6) is 11.5 Å². The van der Waals surface area contributed by atoms with E-state index in [2.05, 4.69) is 37.4 Å². The van der Waals surface area contributed by atoms with Crippen LogP contribution in [0.2, 0.25) is 0 Å². The van der Waals surface area contributed by atoms with Gasteiger partial charge in [0, 0.05) is 11.1 Å². The third-order valence-corrected chi connectivity index (χ3v) is 5.14. The van der Waals surface area contributed by atoms with Gasteiger partial charge < -0.3 is 18.9 Å². The molecule has 0 saturated carbocycles. The van der Waals surface area contributed by atoms with Crippen LogP contribution in [0, 0.1) is 6.92 Å². The van der Waals surface area contributed by atoms with E-state index in [9.17, 15) is 9.59 Å². The van der Waals surface area contributed by atoms with Crippen LogP contribution in [0.1, 0.15) is 19.4 Å². The fraction of sp³-hybridized carbons (Fsp3) is 0.0968. The number of carbonyl (C=O) groups is 2. The van der Waals surface area contributed by atoms with Crippen molar-refractivity contribution in [1.29, 1.82) is 0 Å². The van der Waals surface area contributed by atoms with Gasteiger partial charge in [-0.3, -0.25) is 0 Å². The van der Waals surface area contributed by atoms with Gasteiger partial charge in [-0.25, -0.2) is 9.59 Å². The number of benzene rings is 3. The van der Waals surface area contributed by atoms with Crippen LogP contribution >= 0.6 is 0 Å². The summed E-state index contributed by atoms with van der Waals surface area (Å²) in [4.78, 5) is 22.7. The molecule has 0 aliphatic rings. The Kier molecular flexibility index (Phi) is 9.22. The number of carbonyl (C=O) groups excluding carboxylic acids is 2. The van der Waals surface area contributed by atoms with Crippen LogP contribution in [0.25, 0.3) is 22.3 Å². The Bertz CT molecular complexity index is 1350. The topological polar surface area (TPSA) is 71.1 Å². The molecule has 0 heterocycles. The monoisotopic (exact) mass is 496 g/mol. The summed E-state index contributed by atoms with van der Waals surface area (Å²) < 4.78 is 20.7. The molecule has 0 bridgehead atoms. The average molecular weight is 497 g/mol. The van der Waals surface area contributed by atoms with Crippen LogP contribution in [-0.4, -0.2) is 11.9 Å². The number of hydrogen-bond donors (Lipinski definition) is 0. The number of esters is 2. The molecule has 0 aliphatic heterocycles. The van der Waals surface area contributed by atoms with E-state index >= 15 is 0 Å². The maximum absolute atomic E-state index is 11.4. The number of ether oxygens (including phenoxy) is 4. The van der Waals surface area contributed by atoms with Gasteiger partial charge in [0.05, 0.1) is 0 Å². The number of rotatable bonds is 10. The lowest BCUT2D eigenvalue weighted by molar-refractivity contribution is -0.134. The minimum Gasteiger partial charge on any atom is -0.462 e. The Labute approximate surface area is 216 Å². The number of aryl methyl sites for hydroxylation is 1. The van der Waals surface area contributed by atoms with E-state index in [0.29, 0.717) is 22.6 Å². The molecular formula is C31H28O6. The molecule has 188 valence electrons. The van der Waals surface area contributed by atoms with Gasteiger partial charge >= 0.3 is 11.9 Å². The van der Waals surface area contributed by atoms with Gasteiger partial charge in [-0.1, -0.05) is 55.6 Å². The Balaban J connectivity index is 1.59. The molecule has 0 radical (unpaired) electrons. The van der Waals surface area contributed by atoms with Crippen LogP contribution < -0.4 is 9.47 Å². The smallest absolute Gasteiger partial charge is 0.338 e. The zero-order valence-corrected chi connectivity index (χ0v) is 21.0. The van der Waals surface area contributed by atoms with Gasteiger partial charge in [0.25, 0.3) is 0 Å². The summed E-state index contributed by atoms with van der Waals surface area (Å²) in [7, 11) is 0. The summed E-state index contributed by atoms with van der Waals surface area (Å²) >= 11 is 0. The minimum atomic E-state index is -0.506. The molecule has 0 amide bonds. The normalized spacial score (nSPS) is 10.8. The fourth-order valence-corrected chi connectivity index (χ4v) is 3.13. The van der Waals surface area contributed by atoms with E-state index in [0.717, 1.165) is 27.8 Å². The maximum Gasteiger partial charge on any atom is 0.338 e. The molecule has 6 heteroatoms. The first-order chi connectivity index (χ1) is 17.7. The first-order valence-corrected chi connectivity index (χ1v) is 11.4. The molecular weight excluding hydrogens is 468 g/mol. The maximum atomic E-state index is 11.4. The molecule has 3 rings (SSSR count). The molecule has 3 aromatic carbocycles. The molecule has 0 atom stereocenters. The highest BCUT2D eigenvalue weighted by Gasteiger charge is 2.05. The van der Waals surface area contributed by atoms with E-state index in [4.69, 9.17) is 18.9 Å². The van der Waals surface area contributed by atoms with Crippen molar-refractivity contribution < 1.29 is 28.5 Å². The van der Waals surface area contributed by atoms with Gasteiger partial charge in [-0.2, -0.15) is 0 Å². The fourth-order valence-electron chi connectivity index (χ4n) is 3.13. The van der Waals surface area contributed by atoms with E-state index in [1.54, 1.807) is 13.8 Å². The van der Waals surface area contributed by atoms with Gasteiger partial charge in [-0.15, -0.1) is 0 Å². The Morgan fingerprint density at radius 1 is 0.622 bits per heavy atom. The zero-order valence-electron chi connectivity index (χ0n) is 21.0. The predicted molar refractivity (Wildman–Crippen MR) is 143 cm³/mol. The van der Waals surface area contributed by atoms with E-state index in [1.165, 1.54) is 25.0 Å². The van der Waals surface area contributed by atoms with Gasteiger partial charge in [0.2, 0.25) is 0 Å². The van der Waals surface area contributed by atoms with Crippen molar-refractivity contribution in [3.8, 4) is 33.8 Å². The first kappa shape index (κ1) is 26.8. The molecule has 0 N–H and O–H groups in total. The van der Waals surface area contributed by atoms with Crippen LogP contribution in [-0.2, 0) is 19.1 Å². The second kappa shape index (κ2) is 12.7. The van der Waals surface area contributed by atoms with Gasteiger partial charge in [0.1, 0.15) is 36.5 Å². The third kappa shape index (κ3) is 7.83. The molecule has 0 saturated heterocycles. The van der Waals surface area contributed by atoms with Crippen molar-refractivity contribution in [2.24, 2.45) is 0 Å². The molecule has 37 heavy (non-hydrogen) atoms. The summed E-state index contributed by atoms with van der Waals surface area (Å²) in [5.41, 5.74) is 5.79. The summed E-state index contributed by atoms with van der Waals surface area (Å²) in [6.07, 6.45) is 5.00. The molecule has 0 fully saturated rings. The van der Waals surface area contributed by atoms with Crippen molar-refractivity contribution in [2.75, 3.05) is 0 Å². The SMILES string of the molecule is C=C(C)C(=O)OC=COc1ccc(-c2ccc(-c3ccc(OC=COC(=O)C(=C)C)c(C)c3)cc2)cc1. The highest BCUT2D eigenvalue weighted by molar-refractivity contribution is 5.87. The lowest BCUT2D eigenvalue weighted by atomic mass is 9.99. The summed E-state index contributed by atoms with van der Waals surface area (Å²) in [5.74, 6) is 0.267. The third-order valence-electron chi connectivity index (χ3n) is 5.14. The Morgan fingerprint density at radius 2 is 1.05 bits per heavy atom. The van der Waals surface area contributed by atoms with Crippen molar-refractivity contribution in [2.45, 2.75) is 20.8 Å². The summed E-state index contributed by atoms with van der Waals surface area (Å²) in [6, 6.07) is 21.7. The zero-order chi connectivity index (χ0) is 26.8. The highest BCUT2D eigenvalue weighted by Crippen LogP contribution is 2.29. The molecule has 6 nitrogen and oxygen atoms in total. The van der Waals surface area contributed by atoms with Crippen LogP contribution in [0.15, 0.2) is 116 Å². The highest BCUT2D eigenvalue weighted by atomic mass is 16.5. The minimum absolute atomic E-state index is 0.314. The summed E-state index contributed by atoms with van der Waals surface area (Å²) in [6.45, 7) is 12.1. The largest absolute Gasteiger partial charge is 0.462 e. The van der Waals surface area contributed by atoms with Gasteiger partial charge in [-0.05, 0) is 72.9 Å². The Hall–Kier alpha value is -4.84. The van der Waals surface area contributed by atoms with Crippen molar-refractivity contribution >= 4 is 11.9 Å². The molecule has 0 aliphatic carbocycles. The van der Waals surface area contributed by atoms with Crippen LogP contribution in [0.4, 0.5) is 0 Å². The summed E-state index contributed by atoms with van der Waals surface area (Å²) in [5, 5.41) is 0. The van der Waals surface area contributed by atoms with E-state index in [-0.39, 0.29) is 0 Å². The van der Waals surface area contributed by atoms with Crippen molar-refractivity contribution in [1.82, 2.24) is 0 Å². The number of hydrogen-bond acceptors (Lipinski definition) is 6. The van der Waals surface area contributed by atoms with Crippen molar-refractivity contribution in [3.05, 3.63) is 122 Å².